The van der Waals surface area contributed by atoms with Gasteiger partial charge in [0.05, 0.1) is 10.0 Å². The number of hydrogen-bond acceptors (Lipinski definition) is 4. The molecule has 0 aromatic heterocycles. The van der Waals surface area contributed by atoms with Crippen molar-refractivity contribution in [2.24, 2.45) is 5.73 Å². The molecule has 0 aromatic rings. The molecule has 102 valence electrons. The molecule has 0 aliphatic carbocycles. The second kappa shape index (κ2) is 4.27. The maximum atomic E-state index is 12.0. The minimum absolute atomic E-state index is 0.481. The highest BCUT2D eigenvalue weighted by Gasteiger charge is 2.69. The molecule has 0 radical (unpaired) electrons. The van der Waals surface area contributed by atoms with E-state index in [1.807, 2.05) is 0 Å². The van der Waals surface area contributed by atoms with E-state index in [2.05, 4.69) is 0 Å². The third kappa shape index (κ3) is 1.45. The fraction of sp³-hybridized carbons (Fsp3) is 0.600. The summed E-state index contributed by atoms with van der Waals surface area (Å²) in [6.45, 7) is 5.24. The van der Waals surface area contributed by atoms with Crippen LogP contribution in [0.4, 0.5) is 19.2 Å². The van der Waals surface area contributed by atoms with Crippen LogP contribution in [-0.2, 0) is 0 Å². The Bertz CT molecular complexity index is 412. The normalized spacial score (nSPS) is 20.3. The summed E-state index contributed by atoms with van der Waals surface area (Å²) in [6, 6.07) is 0. The van der Waals surface area contributed by atoms with Gasteiger partial charge in [0.2, 0.25) is 0 Å². The van der Waals surface area contributed by atoms with Gasteiger partial charge in [-0.15, -0.1) is 0 Å². The molecule has 0 saturated carbocycles. The lowest BCUT2D eigenvalue weighted by molar-refractivity contribution is 0.148. The van der Waals surface area contributed by atoms with Gasteiger partial charge in [0.25, 0.3) is 15.7 Å². The van der Waals surface area contributed by atoms with Crippen LogP contribution in [0.1, 0.15) is 33.6 Å². The Labute approximate surface area is 106 Å². The number of nitrogens with two attached hydrogens (primary N) is 1. The molecular weight excluding hydrogens is 260 g/mol. The summed E-state index contributed by atoms with van der Waals surface area (Å²) in [5.74, 6) is 0. The monoisotopic (exact) mass is 276 g/mol. The van der Waals surface area contributed by atoms with Gasteiger partial charge in [0.1, 0.15) is 0 Å². The van der Waals surface area contributed by atoms with Crippen molar-refractivity contribution < 1.29 is 24.3 Å². The van der Waals surface area contributed by atoms with Gasteiger partial charge in [0.15, 0.2) is 0 Å². The summed E-state index contributed by atoms with van der Waals surface area (Å²) in [7, 11) is -3.74. The molecular formula is C10H16N2O5S. The number of hydrogen-bond donors (Lipinski definition) is 2. The van der Waals surface area contributed by atoms with Gasteiger partial charge in [-0.1, -0.05) is 13.8 Å². The van der Waals surface area contributed by atoms with Crippen molar-refractivity contribution in [2.75, 3.05) is 0 Å². The first-order valence-corrected chi connectivity index (χ1v) is 7.07. The molecule has 0 aromatic carbocycles. The van der Waals surface area contributed by atoms with Crippen LogP contribution in [0.5, 0.6) is 0 Å². The molecule has 18 heavy (non-hydrogen) atoms. The highest BCUT2D eigenvalue weighted by atomic mass is 32.3. The molecule has 1 heterocycles. The minimum atomic E-state index is -3.74. The standard InChI is InChI=1S/C10H16N2O5S/c1-4-10(3,5-2)12-7(14)18(6(11)13,8(12)15)9(16)17/h4-5H2,1-3H3,(H2,11,13)(H,16,17). The van der Waals surface area contributed by atoms with Crippen LogP contribution in [0.15, 0.2) is 0 Å². The first-order valence-electron chi connectivity index (χ1n) is 5.44. The topological polar surface area (TPSA) is 118 Å². The number of imide groups is 1. The fourth-order valence-electron chi connectivity index (χ4n) is 1.80. The lowest BCUT2D eigenvalue weighted by Crippen LogP contribution is -2.66. The van der Waals surface area contributed by atoms with Crippen molar-refractivity contribution in [3.05, 3.63) is 0 Å². The minimum Gasteiger partial charge on any atom is -0.473 e. The Morgan fingerprint density at radius 1 is 1.28 bits per heavy atom. The van der Waals surface area contributed by atoms with E-state index in [1.165, 1.54) is 0 Å². The highest BCUT2D eigenvalue weighted by Crippen LogP contribution is 2.63. The smallest absolute Gasteiger partial charge is 0.372 e. The molecule has 0 spiro atoms. The Kier molecular flexibility index (Phi) is 3.44. The Balaban J connectivity index is 3.25. The summed E-state index contributed by atoms with van der Waals surface area (Å²) in [5, 5.41) is 4.00. The second-order valence-corrected chi connectivity index (χ2v) is 6.94. The number of nitrogens with zero attached hydrogens (tertiary/aromatic N) is 1. The van der Waals surface area contributed by atoms with E-state index in [9.17, 15) is 19.2 Å². The van der Waals surface area contributed by atoms with Crippen molar-refractivity contribution in [3.8, 4) is 0 Å². The van der Waals surface area contributed by atoms with Crippen molar-refractivity contribution in [3.63, 3.8) is 0 Å². The average Bonchev–Trinajstić information content (AvgIpc) is 2.28. The van der Waals surface area contributed by atoms with Gasteiger partial charge < -0.3 is 10.8 Å². The summed E-state index contributed by atoms with van der Waals surface area (Å²) >= 11 is 0. The van der Waals surface area contributed by atoms with Crippen molar-refractivity contribution in [1.29, 1.82) is 0 Å². The molecule has 7 nitrogen and oxygen atoms in total. The number of carbonyl (C=O) groups excluding carboxylic acids is 3. The van der Waals surface area contributed by atoms with Crippen molar-refractivity contribution in [1.82, 2.24) is 4.90 Å². The summed E-state index contributed by atoms with van der Waals surface area (Å²) < 4.78 is 0. The maximum absolute atomic E-state index is 12.0. The quantitative estimate of drug-likeness (QED) is 0.821. The van der Waals surface area contributed by atoms with E-state index in [0.717, 1.165) is 4.90 Å². The third-order valence-electron chi connectivity index (χ3n) is 3.52. The molecule has 8 heteroatoms. The van der Waals surface area contributed by atoms with Crippen LogP contribution in [-0.4, -0.2) is 36.6 Å². The van der Waals surface area contributed by atoms with Gasteiger partial charge in [0, 0.05) is 5.54 Å². The van der Waals surface area contributed by atoms with Crippen LogP contribution in [0.2, 0.25) is 0 Å². The number of carboxylic acid groups (broad SMARTS) is 1. The molecule has 1 fully saturated rings. The summed E-state index contributed by atoms with van der Waals surface area (Å²) in [6.07, 6.45) is 0.962. The van der Waals surface area contributed by atoms with Crippen molar-refractivity contribution in [2.45, 2.75) is 39.2 Å². The first kappa shape index (κ1) is 14.5. The van der Waals surface area contributed by atoms with Gasteiger partial charge in [-0.05, 0) is 19.8 Å². The fourth-order valence-corrected chi connectivity index (χ4v) is 3.79. The van der Waals surface area contributed by atoms with E-state index in [4.69, 9.17) is 10.8 Å². The molecule has 1 saturated heterocycles. The zero-order chi connectivity index (χ0) is 14.3. The van der Waals surface area contributed by atoms with E-state index in [-0.39, 0.29) is 0 Å². The largest absolute Gasteiger partial charge is 0.473 e. The number of carbonyl (C=O) groups is 4. The molecule has 0 atom stereocenters. The summed E-state index contributed by atoms with van der Waals surface area (Å²) in [5.41, 5.74) is 4.18. The van der Waals surface area contributed by atoms with Crippen molar-refractivity contribution >= 4 is 31.0 Å². The van der Waals surface area contributed by atoms with Crippen LogP contribution in [0.3, 0.4) is 0 Å². The number of amides is 3. The molecule has 1 aliphatic heterocycles. The second-order valence-electron chi connectivity index (χ2n) is 4.27. The van der Waals surface area contributed by atoms with Crippen LogP contribution in [0.25, 0.3) is 0 Å². The zero-order valence-electron chi connectivity index (χ0n) is 10.4. The SMILES string of the molecule is CCC(C)(CC)N1C(=O)S(C(N)=O)(C(=O)O)C1=O. The highest BCUT2D eigenvalue weighted by molar-refractivity contribution is 8.75. The zero-order valence-corrected chi connectivity index (χ0v) is 11.2. The molecule has 1 aliphatic rings. The Morgan fingerprint density at radius 2 is 1.67 bits per heavy atom. The average molecular weight is 276 g/mol. The van der Waals surface area contributed by atoms with E-state index >= 15 is 0 Å². The molecule has 0 bridgehead atoms. The summed E-state index contributed by atoms with van der Waals surface area (Å²) in [4.78, 5) is 47.2. The predicted octanol–water partition coefficient (Wildman–Crippen LogP) is 2.68. The van der Waals surface area contributed by atoms with Gasteiger partial charge >= 0.3 is 5.30 Å². The van der Waals surface area contributed by atoms with E-state index in [0.29, 0.717) is 12.8 Å². The van der Waals surface area contributed by atoms with Gasteiger partial charge in [-0.2, -0.15) is 0 Å². The third-order valence-corrected chi connectivity index (χ3v) is 6.06. The maximum Gasteiger partial charge on any atom is 0.372 e. The molecule has 3 N–H and O–H groups in total. The van der Waals surface area contributed by atoms with E-state index in [1.54, 1.807) is 20.8 Å². The van der Waals surface area contributed by atoms with Crippen LogP contribution in [0, 0.1) is 0 Å². The Hall–Kier alpha value is -1.57. The lowest BCUT2D eigenvalue weighted by Gasteiger charge is -2.51. The predicted molar refractivity (Wildman–Crippen MR) is 66.8 cm³/mol. The van der Waals surface area contributed by atoms with Crippen LogP contribution >= 0.6 is 10.0 Å². The van der Waals surface area contributed by atoms with Gasteiger partial charge in [-0.25, -0.2) is 4.79 Å². The molecule has 1 rings (SSSR count). The van der Waals surface area contributed by atoms with E-state index < -0.39 is 36.6 Å². The molecule has 3 amide bonds. The first-order chi connectivity index (χ1) is 8.20. The number of primary amides is 1. The molecule has 0 unspecified atom stereocenters. The van der Waals surface area contributed by atoms with Gasteiger partial charge in [-0.3, -0.25) is 19.3 Å². The van der Waals surface area contributed by atoms with Crippen LogP contribution < -0.4 is 5.73 Å². The Morgan fingerprint density at radius 3 is 1.89 bits per heavy atom. The lowest BCUT2D eigenvalue weighted by atomic mass is 9.94. The number of rotatable bonds is 3.